The van der Waals surface area contributed by atoms with Gasteiger partial charge in [0.25, 0.3) is 0 Å². The Kier molecular flexibility index (Phi) is 3.26. The van der Waals surface area contributed by atoms with Gasteiger partial charge in [-0.3, -0.25) is 4.98 Å². The molecule has 2 aromatic heterocycles. The fraction of sp³-hybridized carbons (Fsp3) is 0.167. The normalized spacial score (nSPS) is 13.4. The summed E-state index contributed by atoms with van der Waals surface area (Å²) in [5.74, 6) is 0.898. The summed E-state index contributed by atoms with van der Waals surface area (Å²) < 4.78 is 15.7. The lowest BCUT2D eigenvalue weighted by molar-refractivity contribution is 0.628. The Hall–Kier alpha value is -2.07. The molecule has 4 heteroatoms. The summed E-state index contributed by atoms with van der Waals surface area (Å²) in [6.45, 7) is 3.17. The largest absolute Gasteiger partial charge is 0.334 e. The molecule has 0 fully saturated rings. The summed E-state index contributed by atoms with van der Waals surface area (Å²) in [6, 6.07) is 10.9. The van der Waals surface area contributed by atoms with E-state index in [1.165, 1.54) is 34.0 Å². The zero-order chi connectivity index (χ0) is 15.1. The number of rotatable bonds is 2. The summed E-state index contributed by atoms with van der Waals surface area (Å²) in [6.07, 6.45) is 3.64. The molecule has 0 bridgehead atoms. The first-order valence-corrected chi connectivity index (χ1v) is 8.26. The molecule has 0 aliphatic carbocycles. The van der Waals surface area contributed by atoms with Crippen LogP contribution in [0.15, 0.2) is 53.8 Å². The van der Waals surface area contributed by atoms with Gasteiger partial charge in [0.1, 0.15) is 5.82 Å². The fourth-order valence-corrected chi connectivity index (χ4v) is 4.26. The molecule has 0 atom stereocenters. The second-order valence-corrected chi connectivity index (χ2v) is 6.48. The molecule has 0 unspecified atom stereocenters. The van der Waals surface area contributed by atoms with Crippen molar-refractivity contribution >= 4 is 11.8 Å². The molecule has 0 N–H and O–H groups in total. The average Bonchev–Trinajstić information content (AvgIpc) is 3.12. The van der Waals surface area contributed by atoms with Crippen molar-refractivity contribution in [1.82, 2.24) is 9.55 Å². The minimum atomic E-state index is -0.200. The van der Waals surface area contributed by atoms with E-state index in [1.54, 1.807) is 0 Å². The number of hydrogen-bond acceptors (Lipinski definition) is 2. The predicted octanol–water partition coefficient (Wildman–Crippen LogP) is 4.77. The monoisotopic (exact) mass is 310 g/mol. The zero-order valence-electron chi connectivity index (χ0n) is 12.2. The van der Waals surface area contributed by atoms with Gasteiger partial charge in [0.15, 0.2) is 0 Å². The Morgan fingerprint density at radius 2 is 1.77 bits per heavy atom. The molecule has 0 saturated heterocycles. The number of halogens is 1. The summed E-state index contributed by atoms with van der Waals surface area (Å²) in [4.78, 5) is 4.12. The van der Waals surface area contributed by atoms with Crippen LogP contribution in [0.4, 0.5) is 4.39 Å². The van der Waals surface area contributed by atoms with Gasteiger partial charge in [-0.25, -0.2) is 4.39 Å². The van der Waals surface area contributed by atoms with E-state index in [-0.39, 0.29) is 5.82 Å². The molecule has 0 spiro atoms. The number of hydrogen-bond donors (Lipinski definition) is 0. The highest BCUT2D eigenvalue weighted by Gasteiger charge is 2.25. The maximum atomic E-state index is 13.3. The van der Waals surface area contributed by atoms with Crippen LogP contribution in [0.25, 0.3) is 22.4 Å². The lowest BCUT2D eigenvalue weighted by Gasteiger charge is -2.10. The van der Waals surface area contributed by atoms with Crippen LogP contribution >= 0.6 is 11.8 Å². The maximum absolute atomic E-state index is 13.3. The molecular weight excluding hydrogens is 295 g/mol. The quantitative estimate of drug-likeness (QED) is 0.678. The van der Waals surface area contributed by atoms with Gasteiger partial charge in [0.2, 0.25) is 0 Å². The third-order valence-electron chi connectivity index (χ3n) is 4.09. The van der Waals surface area contributed by atoms with Gasteiger partial charge in [-0.15, -0.1) is 11.8 Å². The van der Waals surface area contributed by atoms with Crippen molar-refractivity contribution in [3.8, 4) is 22.4 Å². The van der Waals surface area contributed by atoms with Gasteiger partial charge < -0.3 is 4.57 Å². The van der Waals surface area contributed by atoms with Crippen LogP contribution in [0.1, 0.15) is 5.56 Å². The van der Waals surface area contributed by atoms with Crippen LogP contribution in [-0.2, 0) is 6.54 Å². The van der Waals surface area contributed by atoms with Gasteiger partial charge in [-0.05, 0) is 60.0 Å². The summed E-state index contributed by atoms with van der Waals surface area (Å²) in [5, 5.41) is 1.33. The summed E-state index contributed by atoms with van der Waals surface area (Å²) in [7, 11) is 0. The lowest BCUT2D eigenvalue weighted by atomic mass is 9.99. The third kappa shape index (κ3) is 2.06. The molecule has 0 amide bonds. The molecule has 1 aliphatic heterocycles. The Morgan fingerprint density at radius 3 is 2.50 bits per heavy atom. The number of thioether (sulfide) groups is 1. The van der Waals surface area contributed by atoms with Crippen molar-refractivity contribution in [3.63, 3.8) is 0 Å². The highest BCUT2D eigenvalue weighted by molar-refractivity contribution is 7.99. The van der Waals surface area contributed by atoms with Crippen LogP contribution in [-0.4, -0.2) is 15.3 Å². The van der Waals surface area contributed by atoms with Gasteiger partial charge >= 0.3 is 0 Å². The molecule has 1 aliphatic rings. The Labute approximate surface area is 133 Å². The second-order valence-electron chi connectivity index (χ2n) is 5.40. The van der Waals surface area contributed by atoms with E-state index in [1.807, 2.05) is 48.4 Å². The molecule has 3 heterocycles. The fourth-order valence-electron chi connectivity index (χ4n) is 3.14. The van der Waals surface area contributed by atoms with Crippen molar-refractivity contribution in [2.75, 3.05) is 5.75 Å². The predicted molar refractivity (Wildman–Crippen MR) is 88.5 cm³/mol. The maximum Gasteiger partial charge on any atom is 0.123 e. The highest BCUT2D eigenvalue weighted by Crippen LogP contribution is 2.45. The molecule has 0 radical (unpaired) electrons. The molecule has 3 aromatic rings. The minimum Gasteiger partial charge on any atom is -0.334 e. The van der Waals surface area contributed by atoms with E-state index < -0.39 is 0 Å². The SMILES string of the molecule is Cc1c(-c2ccncc2)c(-c2ccc(F)cc2)n2c1SCC2. The van der Waals surface area contributed by atoms with Crippen molar-refractivity contribution in [2.45, 2.75) is 18.5 Å². The first-order chi connectivity index (χ1) is 10.8. The van der Waals surface area contributed by atoms with Crippen LogP contribution in [0.3, 0.4) is 0 Å². The smallest absolute Gasteiger partial charge is 0.123 e. The molecule has 4 rings (SSSR count). The van der Waals surface area contributed by atoms with Crippen molar-refractivity contribution in [3.05, 3.63) is 60.2 Å². The number of benzene rings is 1. The second kappa shape index (κ2) is 5.29. The first-order valence-electron chi connectivity index (χ1n) is 7.28. The number of pyridine rings is 1. The van der Waals surface area contributed by atoms with Crippen LogP contribution in [0.2, 0.25) is 0 Å². The van der Waals surface area contributed by atoms with Crippen molar-refractivity contribution < 1.29 is 4.39 Å². The van der Waals surface area contributed by atoms with Gasteiger partial charge in [0, 0.05) is 30.3 Å². The van der Waals surface area contributed by atoms with Gasteiger partial charge in [0.05, 0.1) is 10.7 Å². The third-order valence-corrected chi connectivity index (χ3v) is 5.27. The van der Waals surface area contributed by atoms with Crippen LogP contribution < -0.4 is 0 Å². The minimum absolute atomic E-state index is 0.200. The topological polar surface area (TPSA) is 17.8 Å². The van der Waals surface area contributed by atoms with Crippen LogP contribution in [0.5, 0.6) is 0 Å². The Bertz CT molecular complexity index is 823. The van der Waals surface area contributed by atoms with E-state index in [2.05, 4.69) is 16.5 Å². The lowest BCUT2D eigenvalue weighted by Crippen LogP contribution is -1.97. The molecule has 0 saturated carbocycles. The molecule has 2 nitrogen and oxygen atoms in total. The van der Waals surface area contributed by atoms with E-state index >= 15 is 0 Å². The van der Waals surface area contributed by atoms with Gasteiger partial charge in [-0.2, -0.15) is 0 Å². The van der Waals surface area contributed by atoms with Crippen molar-refractivity contribution in [1.29, 1.82) is 0 Å². The molecule has 1 aromatic carbocycles. The number of aromatic nitrogens is 2. The number of fused-ring (bicyclic) bond motifs is 1. The molecular formula is C18H15FN2S. The summed E-state index contributed by atoms with van der Waals surface area (Å²) >= 11 is 1.90. The Balaban J connectivity index is 2.00. The molecule has 22 heavy (non-hydrogen) atoms. The average molecular weight is 310 g/mol. The molecule has 110 valence electrons. The highest BCUT2D eigenvalue weighted by atomic mass is 32.2. The van der Waals surface area contributed by atoms with Gasteiger partial charge in [-0.1, -0.05) is 0 Å². The first kappa shape index (κ1) is 13.6. The van der Waals surface area contributed by atoms with E-state index in [4.69, 9.17) is 0 Å². The standard InChI is InChI=1S/C18H15FN2S/c1-12-16(13-6-8-20-9-7-13)17(21-10-11-22-18(12)21)14-2-4-15(19)5-3-14/h2-9H,10-11H2,1H3. The van der Waals surface area contributed by atoms with E-state index in [9.17, 15) is 4.39 Å². The van der Waals surface area contributed by atoms with E-state index in [0.717, 1.165) is 23.4 Å². The number of nitrogens with zero attached hydrogens (tertiary/aromatic N) is 2. The van der Waals surface area contributed by atoms with Crippen LogP contribution in [0, 0.1) is 12.7 Å². The Morgan fingerprint density at radius 1 is 1.05 bits per heavy atom. The van der Waals surface area contributed by atoms with Crippen molar-refractivity contribution in [2.24, 2.45) is 0 Å². The zero-order valence-corrected chi connectivity index (χ0v) is 13.0. The summed E-state index contributed by atoms with van der Waals surface area (Å²) in [5.41, 5.74) is 5.94. The van der Waals surface area contributed by atoms with E-state index in [0.29, 0.717) is 0 Å².